The third-order valence-electron chi connectivity index (χ3n) is 6.95. The molecule has 3 heterocycles. The Hall–Kier alpha value is -2.40. The second-order valence-electron chi connectivity index (χ2n) is 9.55. The number of aromatic nitrogens is 4. The molecule has 2 atom stereocenters. The first-order valence-corrected chi connectivity index (χ1v) is 13.3. The molecule has 1 saturated heterocycles. The van der Waals surface area contributed by atoms with Gasteiger partial charge < -0.3 is 21.1 Å². The minimum atomic E-state index is -1.15. The van der Waals surface area contributed by atoms with Crippen LogP contribution in [0.5, 0.6) is 0 Å². The van der Waals surface area contributed by atoms with Crippen molar-refractivity contribution in [2.45, 2.75) is 56.8 Å². The van der Waals surface area contributed by atoms with E-state index in [1.54, 1.807) is 18.3 Å². The van der Waals surface area contributed by atoms with Gasteiger partial charge in [-0.25, -0.2) is 14.4 Å². The Morgan fingerprint density at radius 3 is 2.54 bits per heavy atom. The van der Waals surface area contributed by atoms with Crippen molar-refractivity contribution in [2.75, 3.05) is 23.8 Å². The van der Waals surface area contributed by atoms with Crippen molar-refractivity contribution < 1.29 is 13.9 Å². The zero-order valence-corrected chi connectivity index (χ0v) is 22.2. The Bertz CT molecular complexity index is 1280. The molecule has 2 fully saturated rings. The van der Waals surface area contributed by atoms with Crippen LogP contribution < -0.4 is 16.4 Å². The van der Waals surface area contributed by atoms with Crippen LogP contribution in [-0.2, 0) is 9.53 Å². The number of halogens is 4. The van der Waals surface area contributed by atoms with E-state index in [0.717, 1.165) is 25.7 Å². The van der Waals surface area contributed by atoms with E-state index in [0.29, 0.717) is 63.3 Å². The summed E-state index contributed by atoms with van der Waals surface area (Å²) < 4.78 is 21.6. The maximum Gasteiger partial charge on any atom is 0.225 e. The van der Waals surface area contributed by atoms with Gasteiger partial charge in [0.15, 0.2) is 5.65 Å². The summed E-state index contributed by atoms with van der Waals surface area (Å²) in [5, 5.41) is 7.50. The maximum atomic E-state index is 14.4. The van der Waals surface area contributed by atoms with E-state index in [1.807, 2.05) is 4.57 Å². The molecule has 1 saturated carbocycles. The molecular formula is C24H27Cl3FN7O2. The summed E-state index contributed by atoms with van der Waals surface area (Å²) in [7, 11) is 0. The van der Waals surface area contributed by atoms with Crippen molar-refractivity contribution in [2.24, 2.45) is 11.7 Å². The maximum absolute atomic E-state index is 14.4. The SMILES string of the molecule is NC(=O)C[C@H]1CC[C@@H](n2c(Nc3c(Cl)cc(Cl)cc3Cl)nc3cnc(N[C@H]4CCOC[C@@H]4F)nc32)CC1. The highest BCUT2D eigenvalue weighted by molar-refractivity contribution is 6.41. The largest absolute Gasteiger partial charge is 0.378 e. The zero-order chi connectivity index (χ0) is 26.1. The predicted octanol–water partition coefficient (Wildman–Crippen LogP) is 5.68. The standard InChI is InChI=1S/C24H27Cl3FN7O2/c25-13-8-15(26)21(16(27)9-13)33-24-32-19-10-30-23(31-18-5-6-37-11-17(18)28)34-22(19)35(24)14-3-1-12(2-4-14)7-20(29)36/h8-10,12,14,17-18H,1-7,11H2,(H2,29,36)(H,32,33)(H,30,31,34)/t12-,14+,17-,18-/m0/s1. The molecule has 2 aliphatic rings. The van der Waals surface area contributed by atoms with Gasteiger partial charge in [0.2, 0.25) is 17.8 Å². The predicted molar refractivity (Wildman–Crippen MR) is 143 cm³/mol. The number of hydrogen-bond donors (Lipinski definition) is 3. The molecule has 2 aromatic heterocycles. The lowest BCUT2D eigenvalue weighted by Crippen LogP contribution is -2.39. The van der Waals surface area contributed by atoms with E-state index < -0.39 is 12.2 Å². The Morgan fingerprint density at radius 2 is 1.86 bits per heavy atom. The van der Waals surface area contributed by atoms with Crippen molar-refractivity contribution >= 4 is 69.5 Å². The molecule has 3 aromatic rings. The molecule has 0 radical (unpaired) electrons. The fourth-order valence-electron chi connectivity index (χ4n) is 5.09. The lowest BCUT2D eigenvalue weighted by molar-refractivity contribution is -0.119. The monoisotopic (exact) mass is 569 g/mol. The van der Waals surface area contributed by atoms with Gasteiger partial charge in [-0.2, -0.15) is 4.98 Å². The summed E-state index contributed by atoms with van der Waals surface area (Å²) in [4.78, 5) is 25.3. The molecular weight excluding hydrogens is 544 g/mol. The van der Waals surface area contributed by atoms with Gasteiger partial charge in [-0.15, -0.1) is 0 Å². The fourth-order valence-corrected chi connectivity index (χ4v) is 6.00. The molecule has 1 aliphatic carbocycles. The zero-order valence-electron chi connectivity index (χ0n) is 19.9. The molecule has 5 rings (SSSR count). The van der Waals surface area contributed by atoms with Crippen molar-refractivity contribution in [1.82, 2.24) is 19.5 Å². The van der Waals surface area contributed by atoms with Gasteiger partial charge >= 0.3 is 0 Å². The molecule has 13 heteroatoms. The Labute approximate surface area is 228 Å². The van der Waals surface area contributed by atoms with Crippen LogP contribution in [0.25, 0.3) is 11.2 Å². The van der Waals surface area contributed by atoms with Crippen molar-refractivity contribution in [3.8, 4) is 0 Å². The lowest BCUT2D eigenvalue weighted by Gasteiger charge is -2.30. The van der Waals surface area contributed by atoms with Crippen LogP contribution in [0.2, 0.25) is 15.1 Å². The molecule has 0 unspecified atom stereocenters. The van der Waals surface area contributed by atoms with Crippen molar-refractivity contribution in [1.29, 1.82) is 0 Å². The first kappa shape index (κ1) is 26.2. The van der Waals surface area contributed by atoms with E-state index in [9.17, 15) is 9.18 Å². The number of rotatable bonds is 7. The van der Waals surface area contributed by atoms with Crippen LogP contribution in [0.4, 0.5) is 22.0 Å². The number of fused-ring (bicyclic) bond motifs is 1. The van der Waals surface area contributed by atoms with Gasteiger partial charge in [0.25, 0.3) is 0 Å². The topological polar surface area (TPSA) is 120 Å². The van der Waals surface area contributed by atoms with Crippen LogP contribution in [0.15, 0.2) is 18.3 Å². The number of carbonyl (C=O) groups excluding carboxylic acids is 1. The highest BCUT2D eigenvalue weighted by Gasteiger charge is 2.29. The van der Waals surface area contributed by atoms with Crippen LogP contribution in [-0.4, -0.2) is 50.9 Å². The van der Waals surface area contributed by atoms with Gasteiger partial charge in [0.05, 0.1) is 34.6 Å². The summed E-state index contributed by atoms with van der Waals surface area (Å²) in [5.74, 6) is 0.788. The number of primary amides is 1. The third-order valence-corrected chi connectivity index (χ3v) is 7.76. The molecule has 0 bridgehead atoms. The van der Waals surface area contributed by atoms with Crippen LogP contribution in [0.3, 0.4) is 0 Å². The Kier molecular flexibility index (Phi) is 7.90. The molecule has 9 nitrogen and oxygen atoms in total. The molecule has 198 valence electrons. The molecule has 1 aliphatic heterocycles. The molecule has 1 amide bonds. The lowest BCUT2D eigenvalue weighted by atomic mass is 9.84. The summed E-state index contributed by atoms with van der Waals surface area (Å²) in [6.07, 6.45) is 4.66. The van der Waals surface area contributed by atoms with Crippen molar-refractivity contribution in [3.05, 3.63) is 33.4 Å². The summed E-state index contributed by atoms with van der Waals surface area (Å²) in [6.45, 7) is 0.520. The average Bonchev–Trinajstić information content (AvgIpc) is 3.20. The normalized spacial score (nSPS) is 24.2. The summed E-state index contributed by atoms with van der Waals surface area (Å²) in [6, 6.07) is 2.81. The van der Waals surface area contributed by atoms with Gasteiger partial charge in [0, 0.05) is 24.1 Å². The van der Waals surface area contributed by atoms with Gasteiger partial charge in [-0.05, 0) is 50.2 Å². The number of carbonyl (C=O) groups is 1. The quantitative estimate of drug-likeness (QED) is 0.334. The number of nitrogens with zero attached hydrogens (tertiary/aromatic N) is 4. The minimum absolute atomic E-state index is 0.0428. The number of nitrogens with one attached hydrogen (secondary N) is 2. The highest BCUT2D eigenvalue weighted by atomic mass is 35.5. The highest BCUT2D eigenvalue weighted by Crippen LogP contribution is 2.40. The number of alkyl halides is 1. The van der Waals surface area contributed by atoms with Gasteiger partial charge in [-0.3, -0.25) is 9.36 Å². The molecule has 0 spiro atoms. The Morgan fingerprint density at radius 1 is 1.14 bits per heavy atom. The number of hydrogen-bond acceptors (Lipinski definition) is 7. The molecule has 1 aromatic carbocycles. The smallest absolute Gasteiger partial charge is 0.225 e. The number of anilines is 3. The fraction of sp³-hybridized carbons (Fsp3) is 0.500. The first-order valence-electron chi connectivity index (χ1n) is 12.2. The van der Waals surface area contributed by atoms with Crippen LogP contribution in [0, 0.1) is 5.92 Å². The number of imidazole rings is 1. The molecule has 37 heavy (non-hydrogen) atoms. The van der Waals surface area contributed by atoms with E-state index >= 15 is 0 Å². The van der Waals surface area contributed by atoms with Gasteiger partial charge in [-0.1, -0.05) is 34.8 Å². The average molecular weight is 571 g/mol. The minimum Gasteiger partial charge on any atom is -0.378 e. The molecule has 4 N–H and O–H groups in total. The summed E-state index contributed by atoms with van der Waals surface area (Å²) >= 11 is 19.0. The Balaban J connectivity index is 1.50. The number of benzene rings is 1. The van der Waals surface area contributed by atoms with Gasteiger partial charge in [0.1, 0.15) is 11.7 Å². The number of ether oxygens (including phenoxy) is 1. The second-order valence-corrected chi connectivity index (χ2v) is 10.8. The second kappa shape index (κ2) is 11.1. The van der Waals surface area contributed by atoms with Crippen LogP contribution in [0.1, 0.15) is 44.6 Å². The van der Waals surface area contributed by atoms with E-state index in [-0.39, 0.29) is 24.5 Å². The van der Waals surface area contributed by atoms with Crippen molar-refractivity contribution in [3.63, 3.8) is 0 Å². The first-order chi connectivity index (χ1) is 17.8. The third kappa shape index (κ3) is 5.87. The number of amides is 1. The summed E-state index contributed by atoms with van der Waals surface area (Å²) in [5.41, 5.74) is 7.06. The van der Waals surface area contributed by atoms with E-state index in [1.165, 1.54) is 0 Å². The van der Waals surface area contributed by atoms with Crippen LogP contribution >= 0.6 is 34.8 Å². The van der Waals surface area contributed by atoms with E-state index in [2.05, 4.69) is 15.6 Å². The van der Waals surface area contributed by atoms with E-state index in [4.69, 9.17) is 55.2 Å². The number of nitrogens with two attached hydrogens (primary N) is 1.